The number of ketones is 1. The van der Waals surface area contributed by atoms with Crippen molar-refractivity contribution in [1.29, 1.82) is 0 Å². The molecule has 0 spiro atoms. The van der Waals surface area contributed by atoms with E-state index in [0.29, 0.717) is 17.7 Å². The van der Waals surface area contributed by atoms with E-state index in [4.69, 9.17) is 11.6 Å². The second-order valence-corrected chi connectivity index (χ2v) is 6.37. The van der Waals surface area contributed by atoms with E-state index in [2.05, 4.69) is 4.98 Å². The number of aryl methyl sites for hydroxylation is 1. The highest BCUT2D eigenvalue weighted by Crippen LogP contribution is 2.24. The normalized spacial score (nSPS) is 17.9. The summed E-state index contributed by atoms with van der Waals surface area (Å²) in [6, 6.07) is 1.55. The number of carbonyl (C=O) groups is 1. The molecule has 1 aliphatic heterocycles. The minimum atomic E-state index is -3.05. The van der Waals surface area contributed by atoms with Crippen LogP contribution in [-0.2, 0) is 22.0 Å². The van der Waals surface area contributed by atoms with Crippen molar-refractivity contribution < 1.29 is 13.2 Å². The molecule has 0 bridgehead atoms. The largest absolute Gasteiger partial charge is 0.294 e. The van der Waals surface area contributed by atoms with E-state index in [-0.39, 0.29) is 28.0 Å². The highest BCUT2D eigenvalue weighted by atomic mass is 35.5. The maximum Gasteiger partial charge on any atom is 0.162 e. The van der Waals surface area contributed by atoms with Crippen LogP contribution < -0.4 is 0 Å². The summed E-state index contributed by atoms with van der Waals surface area (Å²) in [6.45, 7) is 1.38. The topological polar surface area (TPSA) is 64.1 Å². The smallest absolute Gasteiger partial charge is 0.162 e. The molecular formula is C10H10ClNO3S. The lowest BCUT2D eigenvalue weighted by molar-refractivity contribution is 0.101. The molecule has 1 aliphatic rings. The number of carbonyl (C=O) groups excluding carboxylic acids is 1. The third kappa shape index (κ3) is 2.10. The monoisotopic (exact) mass is 259 g/mol. The average Bonchev–Trinajstić information content (AvgIpc) is 2.16. The van der Waals surface area contributed by atoms with Crippen molar-refractivity contribution >= 4 is 27.2 Å². The molecular weight excluding hydrogens is 250 g/mol. The second kappa shape index (κ2) is 3.82. The molecule has 6 heteroatoms. The zero-order valence-corrected chi connectivity index (χ0v) is 10.2. The molecule has 2 heterocycles. The molecule has 0 saturated heterocycles. The number of fused-ring (bicyclic) bond motifs is 1. The summed E-state index contributed by atoms with van der Waals surface area (Å²) in [7, 11) is -3.05. The SMILES string of the molecule is CC(=O)c1cc2c(nc1Cl)CCS(=O)(=O)C2. The molecule has 1 aromatic rings. The van der Waals surface area contributed by atoms with Gasteiger partial charge in [-0.15, -0.1) is 0 Å². The first-order valence-electron chi connectivity index (χ1n) is 4.79. The average molecular weight is 260 g/mol. The van der Waals surface area contributed by atoms with Gasteiger partial charge in [-0.1, -0.05) is 11.6 Å². The van der Waals surface area contributed by atoms with Gasteiger partial charge in [-0.2, -0.15) is 0 Å². The fraction of sp³-hybridized carbons (Fsp3) is 0.400. The molecule has 0 aromatic carbocycles. The van der Waals surface area contributed by atoms with Crippen LogP contribution in [-0.4, -0.2) is 24.9 Å². The van der Waals surface area contributed by atoms with Gasteiger partial charge in [-0.25, -0.2) is 13.4 Å². The van der Waals surface area contributed by atoms with E-state index >= 15 is 0 Å². The first-order chi connectivity index (χ1) is 7.39. The first-order valence-corrected chi connectivity index (χ1v) is 6.98. The highest BCUT2D eigenvalue weighted by Gasteiger charge is 2.24. The fourth-order valence-electron chi connectivity index (χ4n) is 1.72. The Balaban J connectivity index is 2.56. The summed E-state index contributed by atoms with van der Waals surface area (Å²) in [5.41, 5.74) is 1.57. The number of sulfone groups is 1. The molecule has 0 aliphatic carbocycles. The number of pyridine rings is 1. The van der Waals surface area contributed by atoms with Crippen molar-refractivity contribution in [3.8, 4) is 0 Å². The minimum Gasteiger partial charge on any atom is -0.294 e. The number of Topliss-reactive ketones (excluding diaryl/α,β-unsaturated/α-hetero) is 1. The van der Waals surface area contributed by atoms with E-state index < -0.39 is 9.84 Å². The number of aromatic nitrogens is 1. The lowest BCUT2D eigenvalue weighted by atomic mass is 10.1. The molecule has 86 valence electrons. The summed E-state index contributed by atoms with van der Waals surface area (Å²) in [5, 5.41) is 0.158. The van der Waals surface area contributed by atoms with Crippen LogP contribution in [0.5, 0.6) is 0 Å². The Bertz CT molecular complexity index is 566. The Hall–Kier alpha value is -0.940. The minimum absolute atomic E-state index is 0.0488. The van der Waals surface area contributed by atoms with Gasteiger partial charge in [-0.3, -0.25) is 4.79 Å². The van der Waals surface area contributed by atoms with Gasteiger partial charge in [0.1, 0.15) is 5.15 Å². The van der Waals surface area contributed by atoms with Crippen molar-refractivity contribution in [1.82, 2.24) is 4.98 Å². The third-order valence-electron chi connectivity index (χ3n) is 2.55. The molecule has 0 fully saturated rings. The predicted molar refractivity (Wildman–Crippen MR) is 60.4 cm³/mol. The molecule has 0 unspecified atom stereocenters. The van der Waals surface area contributed by atoms with Crippen LogP contribution in [0.3, 0.4) is 0 Å². The van der Waals surface area contributed by atoms with Gasteiger partial charge in [0.15, 0.2) is 15.6 Å². The quantitative estimate of drug-likeness (QED) is 0.565. The lowest BCUT2D eigenvalue weighted by Crippen LogP contribution is -2.20. The van der Waals surface area contributed by atoms with E-state index in [1.807, 2.05) is 0 Å². The fourth-order valence-corrected chi connectivity index (χ4v) is 3.38. The Kier molecular flexibility index (Phi) is 2.75. The second-order valence-electron chi connectivity index (χ2n) is 3.83. The molecule has 2 rings (SSSR count). The third-order valence-corrected chi connectivity index (χ3v) is 4.41. The molecule has 0 atom stereocenters. The molecule has 1 aromatic heterocycles. The number of hydrogen-bond donors (Lipinski definition) is 0. The maximum absolute atomic E-state index is 11.4. The first kappa shape index (κ1) is 11.5. The van der Waals surface area contributed by atoms with Crippen LogP contribution in [0.25, 0.3) is 0 Å². The van der Waals surface area contributed by atoms with Crippen LogP contribution in [0.1, 0.15) is 28.5 Å². The van der Waals surface area contributed by atoms with Crippen LogP contribution in [0.4, 0.5) is 0 Å². The summed E-state index contributed by atoms with van der Waals surface area (Å²) < 4.78 is 22.9. The molecule has 16 heavy (non-hydrogen) atoms. The Labute approximate surface area is 98.6 Å². The van der Waals surface area contributed by atoms with Crippen LogP contribution in [0, 0.1) is 0 Å². The maximum atomic E-state index is 11.4. The van der Waals surface area contributed by atoms with Crippen molar-refractivity contribution in [2.24, 2.45) is 0 Å². The number of nitrogens with zero attached hydrogens (tertiary/aromatic N) is 1. The van der Waals surface area contributed by atoms with Crippen molar-refractivity contribution in [2.45, 2.75) is 19.1 Å². The van der Waals surface area contributed by atoms with E-state index in [1.165, 1.54) is 6.92 Å². The molecule has 0 saturated carbocycles. The zero-order valence-electron chi connectivity index (χ0n) is 8.66. The van der Waals surface area contributed by atoms with Gasteiger partial charge in [-0.05, 0) is 18.6 Å². The van der Waals surface area contributed by atoms with Gasteiger partial charge in [0.25, 0.3) is 0 Å². The van der Waals surface area contributed by atoms with E-state index in [0.717, 1.165) is 0 Å². The lowest BCUT2D eigenvalue weighted by Gasteiger charge is -2.16. The molecule has 0 amide bonds. The molecule has 0 N–H and O–H groups in total. The summed E-state index contributed by atoms with van der Waals surface area (Å²) >= 11 is 5.85. The van der Waals surface area contributed by atoms with Crippen LogP contribution >= 0.6 is 11.6 Å². The van der Waals surface area contributed by atoms with Crippen LogP contribution in [0.2, 0.25) is 5.15 Å². The van der Waals surface area contributed by atoms with E-state index in [9.17, 15) is 13.2 Å². The highest BCUT2D eigenvalue weighted by molar-refractivity contribution is 7.90. The Morgan fingerprint density at radius 1 is 1.50 bits per heavy atom. The van der Waals surface area contributed by atoms with Crippen molar-refractivity contribution in [3.63, 3.8) is 0 Å². The molecule has 0 radical (unpaired) electrons. The van der Waals surface area contributed by atoms with Crippen LogP contribution in [0.15, 0.2) is 6.07 Å². The van der Waals surface area contributed by atoms with Crippen molar-refractivity contribution in [2.75, 3.05) is 5.75 Å². The number of rotatable bonds is 1. The van der Waals surface area contributed by atoms with Gasteiger partial charge in [0.2, 0.25) is 0 Å². The van der Waals surface area contributed by atoms with Gasteiger partial charge < -0.3 is 0 Å². The standard InChI is InChI=1S/C10H10ClNO3S/c1-6(13)8-4-7-5-16(14,15)3-2-9(7)12-10(8)11/h4H,2-3,5H2,1H3. The predicted octanol–water partition coefficient (Wildman–Crippen LogP) is 1.41. The van der Waals surface area contributed by atoms with Crippen molar-refractivity contribution in [3.05, 3.63) is 28.0 Å². The zero-order chi connectivity index (χ0) is 11.9. The van der Waals surface area contributed by atoms with Gasteiger partial charge in [0, 0.05) is 12.1 Å². The number of hydrogen-bond acceptors (Lipinski definition) is 4. The summed E-state index contributed by atoms with van der Waals surface area (Å²) in [6.07, 6.45) is 0.371. The Morgan fingerprint density at radius 3 is 2.81 bits per heavy atom. The van der Waals surface area contributed by atoms with Gasteiger partial charge in [0.05, 0.1) is 17.1 Å². The molecule has 4 nitrogen and oxygen atoms in total. The van der Waals surface area contributed by atoms with Gasteiger partial charge >= 0.3 is 0 Å². The summed E-state index contributed by atoms with van der Waals surface area (Å²) in [5.74, 6) is -0.154. The summed E-state index contributed by atoms with van der Waals surface area (Å²) in [4.78, 5) is 15.3. The number of halogens is 1. The van der Waals surface area contributed by atoms with E-state index in [1.54, 1.807) is 6.07 Å². The Morgan fingerprint density at radius 2 is 2.19 bits per heavy atom.